The van der Waals surface area contributed by atoms with Gasteiger partial charge in [0, 0.05) is 17.1 Å². The fraction of sp³-hybridized carbons (Fsp3) is 0.500. The maximum Gasteiger partial charge on any atom is 0.332 e. The molecule has 2 aliphatic rings. The molecule has 0 spiro atoms. The third kappa shape index (κ3) is 3.48. The average Bonchev–Trinajstić information content (AvgIpc) is 2.74. The molecule has 1 aromatic rings. The Balaban J connectivity index is 2.32. The molecule has 3 rings (SSSR count). The van der Waals surface area contributed by atoms with E-state index in [1.807, 2.05) is 0 Å². The molecular formula is C24H30O6. The van der Waals surface area contributed by atoms with Crippen molar-refractivity contribution in [3.8, 4) is 11.5 Å². The molecule has 2 unspecified atom stereocenters. The lowest BCUT2D eigenvalue weighted by Crippen LogP contribution is -2.47. The zero-order valence-corrected chi connectivity index (χ0v) is 18.0. The highest BCUT2D eigenvalue weighted by Gasteiger charge is 2.53. The molecule has 0 aromatic heterocycles. The van der Waals surface area contributed by atoms with E-state index in [1.54, 1.807) is 52.3 Å². The SMILES string of the molecule is COc1ccc(OC)c(C2=CC(C(=O)O)(C3CCCCC3)C(C)C(C(=O)O)=C2C)c1. The Bertz CT molecular complexity index is 906. The van der Waals surface area contributed by atoms with Crippen LogP contribution in [0.15, 0.2) is 35.4 Å². The molecule has 162 valence electrons. The largest absolute Gasteiger partial charge is 0.497 e. The topological polar surface area (TPSA) is 93.1 Å². The summed E-state index contributed by atoms with van der Waals surface area (Å²) in [5.41, 5.74) is 0.673. The maximum absolute atomic E-state index is 12.8. The predicted octanol–water partition coefficient (Wildman–Crippen LogP) is 4.79. The van der Waals surface area contributed by atoms with Crippen molar-refractivity contribution in [2.75, 3.05) is 14.2 Å². The van der Waals surface area contributed by atoms with Crippen molar-refractivity contribution >= 4 is 17.5 Å². The molecule has 1 saturated carbocycles. The average molecular weight is 414 g/mol. The van der Waals surface area contributed by atoms with Crippen LogP contribution in [0.3, 0.4) is 0 Å². The fourth-order valence-electron chi connectivity index (χ4n) is 5.30. The first-order chi connectivity index (χ1) is 14.3. The highest BCUT2D eigenvalue weighted by molar-refractivity contribution is 6.00. The minimum Gasteiger partial charge on any atom is -0.497 e. The van der Waals surface area contributed by atoms with Crippen LogP contribution in [0, 0.1) is 17.3 Å². The van der Waals surface area contributed by atoms with Gasteiger partial charge in [0.2, 0.25) is 0 Å². The summed E-state index contributed by atoms with van der Waals surface area (Å²) in [5.74, 6) is -1.66. The van der Waals surface area contributed by atoms with Crippen LogP contribution in [-0.4, -0.2) is 36.4 Å². The number of aliphatic carboxylic acids is 2. The Labute approximate surface area is 177 Å². The zero-order chi connectivity index (χ0) is 22.1. The van der Waals surface area contributed by atoms with Gasteiger partial charge in [-0.3, -0.25) is 4.79 Å². The fourth-order valence-corrected chi connectivity index (χ4v) is 5.30. The first kappa shape index (κ1) is 21.9. The van der Waals surface area contributed by atoms with Gasteiger partial charge < -0.3 is 19.7 Å². The number of rotatable bonds is 6. The molecule has 2 aliphatic carbocycles. The lowest BCUT2D eigenvalue weighted by molar-refractivity contribution is -0.153. The van der Waals surface area contributed by atoms with Gasteiger partial charge in [0.25, 0.3) is 0 Å². The van der Waals surface area contributed by atoms with Crippen LogP contribution in [0.5, 0.6) is 11.5 Å². The van der Waals surface area contributed by atoms with Crippen molar-refractivity contribution in [1.82, 2.24) is 0 Å². The standard InChI is InChI=1S/C24H30O6/c1-14-19(18-12-17(29-3)10-11-20(18)30-4)13-24(23(27)28,15(2)21(14)22(25)26)16-8-6-5-7-9-16/h10-13,15-16H,5-9H2,1-4H3,(H,25,26)(H,27,28). The molecule has 1 aromatic carbocycles. The third-order valence-electron chi connectivity index (χ3n) is 6.92. The number of carboxylic acid groups (broad SMARTS) is 2. The number of methoxy groups -OCH3 is 2. The lowest BCUT2D eigenvalue weighted by atomic mass is 9.57. The number of hydrogen-bond donors (Lipinski definition) is 2. The zero-order valence-electron chi connectivity index (χ0n) is 18.0. The smallest absolute Gasteiger partial charge is 0.332 e. The van der Waals surface area contributed by atoms with Crippen LogP contribution in [-0.2, 0) is 9.59 Å². The molecular weight excluding hydrogens is 384 g/mol. The third-order valence-corrected chi connectivity index (χ3v) is 6.92. The van der Waals surface area contributed by atoms with Crippen molar-refractivity contribution in [2.24, 2.45) is 17.3 Å². The van der Waals surface area contributed by atoms with Crippen molar-refractivity contribution in [2.45, 2.75) is 46.0 Å². The van der Waals surface area contributed by atoms with Crippen molar-refractivity contribution in [1.29, 1.82) is 0 Å². The molecule has 0 aliphatic heterocycles. The number of carboxylic acids is 2. The molecule has 0 bridgehead atoms. The lowest BCUT2D eigenvalue weighted by Gasteiger charge is -2.45. The van der Waals surface area contributed by atoms with Gasteiger partial charge in [-0.25, -0.2) is 4.79 Å². The van der Waals surface area contributed by atoms with E-state index in [4.69, 9.17) is 9.47 Å². The molecule has 30 heavy (non-hydrogen) atoms. The number of allylic oxidation sites excluding steroid dienone is 2. The molecule has 6 heteroatoms. The van der Waals surface area contributed by atoms with Crippen LogP contribution in [0.1, 0.15) is 51.5 Å². The van der Waals surface area contributed by atoms with Gasteiger partial charge in [-0.15, -0.1) is 0 Å². The van der Waals surface area contributed by atoms with Crippen LogP contribution >= 0.6 is 0 Å². The Morgan fingerprint density at radius 3 is 2.27 bits per heavy atom. The molecule has 0 heterocycles. The number of benzene rings is 1. The summed E-state index contributed by atoms with van der Waals surface area (Å²) in [6.45, 7) is 3.49. The Morgan fingerprint density at radius 1 is 1.07 bits per heavy atom. The van der Waals surface area contributed by atoms with E-state index in [0.717, 1.165) is 32.1 Å². The van der Waals surface area contributed by atoms with E-state index in [1.165, 1.54) is 0 Å². The summed E-state index contributed by atoms with van der Waals surface area (Å²) < 4.78 is 10.9. The van der Waals surface area contributed by atoms with E-state index in [-0.39, 0.29) is 11.5 Å². The highest BCUT2D eigenvalue weighted by Crippen LogP contribution is 2.54. The number of ether oxygens (including phenoxy) is 2. The Hall–Kier alpha value is -2.76. The highest BCUT2D eigenvalue weighted by atomic mass is 16.5. The van der Waals surface area contributed by atoms with E-state index < -0.39 is 23.3 Å². The second kappa shape index (κ2) is 8.54. The Morgan fingerprint density at radius 2 is 1.73 bits per heavy atom. The summed E-state index contributed by atoms with van der Waals surface area (Å²) in [5, 5.41) is 20.5. The molecule has 0 amide bonds. The van der Waals surface area contributed by atoms with Crippen LogP contribution in [0.25, 0.3) is 5.57 Å². The van der Waals surface area contributed by atoms with Gasteiger partial charge in [-0.05, 0) is 55.0 Å². The van der Waals surface area contributed by atoms with Gasteiger partial charge in [-0.1, -0.05) is 32.3 Å². The Kier molecular flexibility index (Phi) is 6.25. The summed E-state index contributed by atoms with van der Waals surface area (Å²) in [6.07, 6.45) is 6.37. The van der Waals surface area contributed by atoms with Crippen molar-refractivity contribution < 1.29 is 29.3 Å². The van der Waals surface area contributed by atoms with E-state index >= 15 is 0 Å². The molecule has 2 N–H and O–H groups in total. The molecule has 0 radical (unpaired) electrons. The van der Waals surface area contributed by atoms with Gasteiger partial charge in [0.1, 0.15) is 11.5 Å². The van der Waals surface area contributed by atoms with Crippen LogP contribution in [0.4, 0.5) is 0 Å². The van der Waals surface area contributed by atoms with Gasteiger partial charge in [-0.2, -0.15) is 0 Å². The second-order valence-corrected chi connectivity index (χ2v) is 8.26. The molecule has 2 atom stereocenters. The minimum atomic E-state index is -1.28. The van der Waals surface area contributed by atoms with Gasteiger partial charge >= 0.3 is 11.9 Å². The van der Waals surface area contributed by atoms with Gasteiger partial charge in [0.15, 0.2) is 0 Å². The molecule has 1 fully saturated rings. The predicted molar refractivity (Wildman–Crippen MR) is 114 cm³/mol. The van der Waals surface area contributed by atoms with Crippen molar-refractivity contribution in [3.63, 3.8) is 0 Å². The quantitative estimate of drug-likeness (QED) is 0.695. The van der Waals surface area contributed by atoms with Crippen molar-refractivity contribution in [3.05, 3.63) is 41.0 Å². The first-order valence-corrected chi connectivity index (χ1v) is 10.4. The summed E-state index contributed by atoms with van der Waals surface area (Å²) in [6, 6.07) is 5.29. The van der Waals surface area contributed by atoms with Gasteiger partial charge in [0.05, 0.1) is 19.6 Å². The normalized spacial score (nSPS) is 24.9. The van der Waals surface area contributed by atoms with E-state index in [2.05, 4.69) is 0 Å². The van der Waals surface area contributed by atoms with E-state index in [9.17, 15) is 19.8 Å². The first-order valence-electron chi connectivity index (χ1n) is 10.4. The maximum atomic E-state index is 12.8. The summed E-state index contributed by atoms with van der Waals surface area (Å²) >= 11 is 0. The van der Waals surface area contributed by atoms with Crippen LogP contribution in [0.2, 0.25) is 0 Å². The molecule has 0 saturated heterocycles. The second-order valence-electron chi connectivity index (χ2n) is 8.26. The summed E-state index contributed by atoms with van der Waals surface area (Å²) in [7, 11) is 3.10. The van der Waals surface area contributed by atoms with E-state index in [0.29, 0.717) is 28.2 Å². The monoisotopic (exact) mass is 414 g/mol. The summed E-state index contributed by atoms with van der Waals surface area (Å²) in [4.78, 5) is 25.1. The molecule has 6 nitrogen and oxygen atoms in total. The number of carbonyl (C=O) groups is 2. The minimum absolute atomic E-state index is 0.118. The van der Waals surface area contributed by atoms with Crippen LogP contribution < -0.4 is 9.47 Å². The number of hydrogen-bond acceptors (Lipinski definition) is 4.